The van der Waals surface area contributed by atoms with E-state index in [1.165, 1.54) is 0 Å². The second kappa shape index (κ2) is 51.5. The van der Waals surface area contributed by atoms with Gasteiger partial charge in [0.25, 0.3) is 47.6 Å². The molecular formula is C72H96Ag4F12N32O12S4. The van der Waals surface area contributed by atoms with Gasteiger partial charge in [0.1, 0.15) is 0 Å². The van der Waals surface area contributed by atoms with Gasteiger partial charge in [-0.3, -0.25) is 0 Å². The third-order valence-electron chi connectivity index (χ3n) is 17.3. The first-order valence-corrected chi connectivity index (χ1v) is 44.8. The molecule has 12 aromatic heterocycles. The summed E-state index contributed by atoms with van der Waals surface area (Å²) in [6.45, 7) is 54.7. The van der Waals surface area contributed by atoms with Gasteiger partial charge in [-0.25, -0.2) is 71.1 Å². The fraction of sp³-hybridized carbons (Fsp3) is 0.500. The summed E-state index contributed by atoms with van der Waals surface area (Å²) in [5, 5.41) is 36.1. The molecule has 0 aromatic carbocycles. The van der Waals surface area contributed by atoms with E-state index in [-0.39, 0.29) is 89.5 Å². The SMILES string of the molecule is CCN(CC)c1nc(-n2nc(C)cc2C)nc(-n2nc(C)cc2C)n1.CCN(CC)c1nc(-n2nc(C)cc2C)nc(-n2nc(C)cc2C)n1.CCN(CC)c1nc(-n2nc(C)cc2C)nc(-n2nc(C)cc2C)n1.CCN(CC)c1nc(-n2nc(C)cc2C)nc(-n2nc(C)cc2C)n1.O=S(=O)([O-])C(F)(F)F.O=S(=O)([O-])C(F)(F)F.O=S(=O)([O-])C(F)(F)F.O=S(=O)([O-])C(F)(F)F.[Ag+].[Ag+].[Ag+].[Ag+]. The Kier molecular flexibility index (Phi) is 47.3. The number of hydrogen-bond acceptors (Lipinski definition) is 36. The molecule has 64 heteroatoms. The predicted octanol–water partition coefficient (Wildman–Crippen LogP) is 9.49. The molecule has 0 amide bonds. The third kappa shape index (κ3) is 34.6. The van der Waals surface area contributed by atoms with Crippen LogP contribution in [0.15, 0.2) is 48.5 Å². The predicted molar refractivity (Wildman–Crippen MR) is 449 cm³/mol. The van der Waals surface area contributed by atoms with Crippen molar-refractivity contribution in [3.8, 4) is 47.6 Å². The van der Waals surface area contributed by atoms with Gasteiger partial charge in [-0.15, -0.1) is 0 Å². The van der Waals surface area contributed by atoms with E-state index in [4.69, 9.17) is 51.9 Å². The number of halogens is 12. The van der Waals surface area contributed by atoms with E-state index in [0.29, 0.717) is 71.4 Å². The molecule has 0 unspecified atom stereocenters. The van der Waals surface area contributed by atoms with E-state index < -0.39 is 62.5 Å². The molecule has 0 aliphatic rings. The monoisotopic (exact) mass is 2380 g/mol. The van der Waals surface area contributed by atoms with E-state index in [1.807, 2.05) is 159 Å². The summed E-state index contributed by atoms with van der Waals surface area (Å²) in [5.41, 5.74) is -7.34. The number of aryl methyl sites for hydroxylation is 16. The van der Waals surface area contributed by atoms with Crippen LogP contribution < -0.4 is 19.6 Å². The van der Waals surface area contributed by atoms with Crippen LogP contribution in [0.3, 0.4) is 0 Å². The molecule has 0 fully saturated rings. The topological polar surface area (TPSA) is 539 Å². The molecule has 0 saturated heterocycles. The number of aromatic nitrogens is 28. The maximum atomic E-state index is 10.7. The Labute approximate surface area is 837 Å². The van der Waals surface area contributed by atoms with Crippen LogP contribution >= 0.6 is 0 Å². The van der Waals surface area contributed by atoms with Gasteiger partial charge in [-0.1, -0.05) is 0 Å². The van der Waals surface area contributed by atoms with Crippen molar-refractivity contribution in [3.05, 3.63) is 140 Å². The summed E-state index contributed by atoms with van der Waals surface area (Å²) in [5.74, 6) is 6.56. The summed E-state index contributed by atoms with van der Waals surface area (Å²) >= 11 is 0. The standard InChI is InChI=1S/4C17H24N8.4CHF3O3S.4Ag/c4*1-7-23(8-2)15-18-16(24-13(5)9-11(3)21-24)20-17(19-15)25-14(6)10-12(4)22-25;4*2-1(3,4)8(5,6)7;;;;/h4*9-10H,7-8H2,1-6H3;4*(H,5,6,7);;;;/q;;;;;;;;4*+1/p-4. The normalized spacial score (nSPS) is 11.5. The molecule has 12 heterocycles. The molecule has 0 N–H and O–H groups in total. The van der Waals surface area contributed by atoms with E-state index in [1.54, 1.807) is 37.5 Å². The van der Waals surface area contributed by atoms with Gasteiger partial charge < -0.3 is 37.8 Å². The van der Waals surface area contributed by atoms with Crippen molar-refractivity contribution in [3.63, 3.8) is 0 Å². The van der Waals surface area contributed by atoms with Gasteiger partial charge in [0.2, 0.25) is 23.8 Å². The largest absolute Gasteiger partial charge is 1.00 e. The summed E-state index contributed by atoms with van der Waals surface area (Å²) in [7, 11) is -24.4. The first kappa shape index (κ1) is 125. The molecule has 12 aromatic rings. The number of rotatable bonds is 20. The zero-order valence-electron chi connectivity index (χ0n) is 76.9. The van der Waals surface area contributed by atoms with E-state index in [2.05, 4.69) is 176 Å². The second-order valence-electron chi connectivity index (χ2n) is 27.9. The van der Waals surface area contributed by atoms with Crippen LogP contribution in [0.4, 0.5) is 76.5 Å². The summed E-state index contributed by atoms with van der Waals surface area (Å²) in [6.07, 6.45) is 0. The van der Waals surface area contributed by atoms with Crippen LogP contribution in [-0.4, -0.2) is 264 Å². The first-order valence-electron chi connectivity index (χ1n) is 39.1. The quantitative estimate of drug-likeness (QED) is 0.0296. The van der Waals surface area contributed by atoms with Gasteiger partial charge in [-0.05, 0) is 215 Å². The Balaban J connectivity index is 0.000000810. The second-order valence-corrected chi connectivity index (χ2v) is 33.4. The third-order valence-corrected chi connectivity index (χ3v) is 19.6. The Morgan fingerprint density at radius 3 is 0.368 bits per heavy atom. The maximum Gasteiger partial charge on any atom is 1.00 e. The Hall–Kier alpha value is -9.32. The van der Waals surface area contributed by atoms with Gasteiger partial charge in [-0.2, -0.15) is 153 Å². The molecule has 44 nitrogen and oxygen atoms in total. The molecule has 136 heavy (non-hydrogen) atoms. The zero-order valence-corrected chi connectivity index (χ0v) is 86.1. The van der Waals surface area contributed by atoms with Crippen molar-refractivity contribution in [1.82, 2.24) is 138 Å². The molecule has 12 rings (SSSR count). The fourth-order valence-electron chi connectivity index (χ4n) is 11.4. The molecule has 0 aliphatic carbocycles. The van der Waals surface area contributed by atoms with E-state index in [9.17, 15) is 52.7 Å². The maximum absolute atomic E-state index is 10.7. The van der Waals surface area contributed by atoms with Crippen LogP contribution in [0, 0.1) is 111 Å². The van der Waals surface area contributed by atoms with Crippen molar-refractivity contribution in [2.24, 2.45) is 0 Å². The summed E-state index contributed by atoms with van der Waals surface area (Å²) < 4.78 is 250. The van der Waals surface area contributed by atoms with E-state index in [0.717, 1.165) is 143 Å². The average Bonchev–Trinajstić information content (AvgIpc) is 1.63. The van der Waals surface area contributed by atoms with Crippen LogP contribution in [0.5, 0.6) is 0 Å². The number of anilines is 4. The molecule has 0 aliphatic heterocycles. The molecular weight excluding hydrogens is 2290 g/mol. The Morgan fingerprint density at radius 1 is 0.221 bits per heavy atom. The van der Waals surface area contributed by atoms with Crippen molar-refractivity contribution in [2.45, 2.75) is 188 Å². The number of nitrogens with zero attached hydrogens (tertiary/aromatic N) is 32. The smallest absolute Gasteiger partial charge is 0.741 e. The number of hydrogen-bond donors (Lipinski definition) is 0. The van der Waals surface area contributed by atoms with Gasteiger partial charge in [0, 0.05) is 97.9 Å². The minimum absolute atomic E-state index is 0. The minimum atomic E-state index is -6.09. The molecule has 0 spiro atoms. The summed E-state index contributed by atoms with van der Waals surface area (Å²) in [4.78, 5) is 64.0. The number of alkyl halides is 12. The van der Waals surface area contributed by atoms with Crippen LogP contribution in [0.2, 0.25) is 0 Å². The molecule has 0 saturated carbocycles. The van der Waals surface area contributed by atoms with Crippen LogP contribution in [-0.2, 0) is 130 Å². The first-order chi connectivity index (χ1) is 60.7. The van der Waals surface area contributed by atoms with Crippen molar-refractivity contribution in [1.29, 1.82) is 0 Å². The molecule has 768 valence electrons. The zero-order chi connectivity index (χ0) is 101. The van der Waals surface area contributed by atoms with E-state index >= 15 is 0 Å². The van der Waals surface area contributed by atoms with Gasteiger partial charge in [0.15, 0.2) is 40.5 Å². The van der Waals surface area contributed by atoms with Crippen molar-refractivity contribution >= 4 is 64.3 Å². The van der Waals surface area contributed by atoms with Crippen molar-refractivity contribution in [2.75, 3.05) is 72.0 Å². The van der Waals surface area contributed by atoms with Crippen molar-refractivity contribution < 1.29 is 194 Å². The summed E-state index contributed by atoms with van der Waals surface area (Å²) in [6, 6.07) is 16.0. The molecule has 0 radical (unpaired) electrons. The minimum Gasteiger partial charge on any atom is -0.741 e. The average molecular weight is 2390 g/mol. The van der Waals surface area contributed by atoms with Gasteiger partial charge in [0.05, 0.1) is 45.6 Å². The van der Waals surface area contributed by atoms with Gasteiger partial charge >= 0.3 is 112 Å². The molecule has 0 atom stereocenters. The Bertz CT molecular complexity index is 5400. The van der Waals surface area contributed by atoms with Crippen LogP contribution in [0.25, 0.3) is 47.6 Å². The Morgan fingerprint density at radius 2 is 0.309 bits per heavy atom. The fourth-order valence-corrected chi connectivity index (χ4v) is 11.4. The van der Waals surface area contributed by atoms with Crippen LogP contribution in [0.1, 0.15) is 146 Å². The molecule has 0 bridgehead atoms.